The highest BCUT2D eigenvalue weighted by Crippen LogP contribution is 2.21. The number of likely N-dealkylation sites (N-methyl/N-ethyl adjacent to an activating group) is 2. The molecule has 3 amide bonds. The van der Waals surface area contributed by atoms with Crippen LogP contribution < -0.4 is 10.6 Å². The number of methoxy groups -OCH3 is 1. The van der Waals surface area contributed by atoms with E-state index in [0.29, 0.717) is 26.3 Å². The van der Waals surface area contributed by atoms with Crippen LogP contribution in [0.4, 0.5) is 4.79 Å². The van der Waals surface area contributed by atoms with Crippen molar-refractivity contribution in [2.75, 3.05) is 54.1 Å². The zero-order valence-corrected chi connectivity index (χ0v) is 25.2. The average molecular weight is 531 g/mol. The molecule has 0 aromatic rings. The van der Waals surface area contributed by atoms with Crippen LogP contribution >= 0.6 is 0 Å². The lowest BCUT2D eigenvalue weighted by Gasteiger charge is -2.37. The van der Waals surface area contributed by atoms with Gasteiger partial charge in [0.15, 0.2) is 0 Å². The van der Waals surface area contributed by atoms with Gasteiger partial charge >= 0.3 is 6.09 Å². The van der Waals surface area contributed by atoms with Crippen molar-refractivity contribution in [3.8, 4) is 0 Å². The lowest BCUT2D eigenvalue weighted by molar-refractivity contribution is -0.138. The highest BCUT2D eigenvalue weighted by Gasteiger charge is 2.32. The monoisotopic (exact) mass is 530 g/mol. The largest absolute Gasteiger partial charge is 0.444 e. The Balaban J connectivity index is 4.75. The highest BCUT2D eigenvalue weighted by molar-refractivity contribution is 5.87. The van der Waals surface area contributed by atoms with E-state index in [1.165, 1.54) is 0 Å². The van der Waals surface area contributed by atoms with Crippen LogP contribution in [0.3, 0.4) is 0 Å². The predicted octanol–water partition coefficient (Wildman–Crippen LogP) is 2.90. The first-order chi connectivity index (χ1) is 17.2. The second-order valence-electron chi connectivity index (χ2n) is 11.0. The third-order valence-corrected chi connectivity index (χ3v) is 6.45. The predicted molar refractivity (Wildman–Crippen MR) is 146 cm³/mol. The van der Waals surface area contributed by atoms with Crippen LogP contribution in [0.2, 0.25) is 0 Å². The summed E-state index contributed by atoms with van der Waals surface area (Å²) in [5, 5.41) is 5.49. The molecule has 2 N–H and O–H groups in total. The van der Waals surface area contributed by atoms with E-state index in [-0.39, 0.29) is 42.3 Å². The third-order valence-electron chi connectivity index (χ3n) is 6.45. The van der Waals surface area contributed by atoms with Crippen molar-refractivity contribution in [3.05, 3.63) is 0 Å². The van der Waals surface area contributed by atoms with Gasteiger partial charge in [-0.2, -0.15) is 0 Å². The Kier molecular flexibility index (Phi) is 16.7. The first kappa shape index (κ1) is 35.1. The van der Waals surface area contributed by atoms with Gasteiger partial charge in [0.2, 0.25) is 11.8 Å². The van der Waals surface area contributed by atoms with Gasteiger partial charge in [-0.3, -0.25) is 14.5 Å². The molecule has 10 heteroatoms. The normalized spacial score (nSPS) is 15.2. The van der Waals surface area contributed by atoms with Gasteiger partial charge in [0.05, 0.1) is 37.9 Å². The molecule has 0 aliphatic heterocycles. The first-order valence-corrected chi connectivity index (χ1v) is 13.5. The Morgan fingerprint density at radius 1 is 0.946 bits per heavy atom. The maximum Gasteiger partial charge on any atom is 0.407 e. The van der Waals surface area contributed by atoms with Gasteiger partial charge in [0, 0.05) is 27.2 Å². The maximum atomic E-state index is 13.0. The molecule has 0 aliphatic rings. The van der Waals surface area contributed by atoms with Crippen molar-refractivity contribution in [2.45, 2.75) is 92.0 Å². The number of carbonyl (C=O) groups excluding carboxylic acids is 3. The van der Waals surface area contributed by atoms with E-state index in [9.17, 15) is 14.4 Å². The van der Waals surface area contributed by atoms with Crippen molar-refractivity contribution >= 4 is 17.9 Å². The summed E-state index contributed by atoms with van der Waals surface area (Å²) in [4.78, 5) is 41.3. The third kappa shape index (κ3) is 13.4. The SMILES string of the molecule is CCC(C)C(C(CC)OC)N(C)C(=O)CNC(=O)C(C(C)C)N(C)CCOCCNC(=O)OC(C)(C)C. The van der Waals surface area contributed by atoms with Gasteiger partial charge in [-0.25, -0.2) is 4.79 Å². The fourth-order valence-electron chi connectivity index (χ4n) is 4.35. The molecule has 0 aromatic carbocycles. The molecule has 4 unspecified atom stereocenters. The summed E-state index contributed by atoms with van der Waals surface area (Å²) >= 11 is 0. The van der Waals surface area contributed by atoms with Crippen LogP contribution in [0.5, 0.6) is 0 Å². The topological polar surface area (TPSA) is 109 Å². The fourth-order valence-corrected chi connectivity index (χ4v) is 4.35. The van der Waals surface area contributed by atoms with Gasteiger partial charge < -0.3 is 29.7 Å². The van der Waals surface area contributed by atoms with E-state index in [1.54, 1.807) is 39.8 Å². The minimum absolute atomic E-state index is 0.0393. The van der Waals surface area contributed by atoms with Gasteiger partial charge in [-0.1, -0.05) is 41.0 Å². The van der Waals surface area contributed by atoms with Crippen LogP contribution in [0.25, 0.3) is 0 Å². The molecular formula is C27H54N4O6. The van der Waals surface area contributed by atoms with E-state index in [2.05, 4.69) is 24.5 Å². The lowest BCUT2D eigenvalue weighted by Crippen LogP contribution is -2.54. The van der Waals surface area contributed by atoms with E-state index >= 15 is 0 Å². The fraction of sp³-hybridized carbons (Fsp3) is 0.889. The molecule has 0 rings (SSSR count). The summed E-state index contributed by atoms with van der Waals surface area (Å²) < 4.78 is 16.4. The van der Waals surface area contributed by atoms with Crippen LogP contribution in [0.1, 0.15) is 68.2 Å². The highest BCUT2D eigenvalue weighted by atomic mass is 16.6. The standard InChI is InChI=1S/C27H54N4O6/c1-12-20(5)24(21(13-2)35-11)31(10)22(32)18-29-25(33)23(19(3)4)30(9)15-17-36-16-14-28-26(34)37-27(6,7)8/h19-21,23-24H,12-18H2,1-11H3,(H,28,34)(H,29,33). The molecular weight excluding hydrogens is 476 g/mol. The lowest BCUT2D eigenvalue weighted by atomic mass is 9.91. The molecule has 218 valence electrons. The van der Waals surface area contributed by atoms with Gasteiger partial charge in [-0.15, -0.1) is 0 Å². The van der Waals surface area contributed by atoms with Crippen molar-refractivity contribution < 1.29 is 28.6 Å². The summed E-state index contributed by atoms with van der Waals surface area (Å²) in [6.07, 6.45) is 1.18. The van der Waals surface area contributed by atoms with E-state index in [4.69, 9.17) is 14.2 Å². The minimum Gasteiger partial charge on any atom is -0.444 e. The summed E-state index contributed by atoms with van der Waals surface area (Å²) in [6, 6.07) is -0.468. The molecule has 0 saturated carbocycles. The van der Waals surface area contributed by atoms with Crippen LogP contribution in [0.15, 0.2) is 0 Å². The molecule has 0 bridgehead atoms. The number of hydrogen-bond acceptors (Lipinski definition) is 7. The van der Waals surface area contributed by atoms with Crippen molar-refractivity contribution in [1.29, 1.82) is 0 Å². The zero-order chi connectivity index (χ0) is 28.8. The molecule has 0 aromatic heterocycles. The molecule has 0 spiro atoms. The van der Waals surface area contributed by atoms with Gasteiger partial charge in [0.25, 0.3) is 0 Å². The first-order valence-electron chi connectivity index (χ1n) is 13.5. The molecule has 10 nitrogen and oxygen atoms in total. The Morgan fingerprint density at radius 3 is 2.05 bits per heavy atom. The van der Waals surface area contributed by atoms with Crippen LogP contribution in [-0.2, 0) is 23.8 Å². The Labute approximate surface area is 225 Å². The van der Waals surface area contributed by atoms with Crippen molar-refractivity contribution in [3.63, 3.8) is 0 Å². The number of carbonyl (C=O) groups is 3. The van der Waals surface area contributed by atoms with Gasteiger partial charge in [0.1, 0.15) is 5.60 Å². The average Bonchev–Trinajstić information content (AvgIpc) is 2.80. The Hall–Kier alpha value is -1.91. The van der Waals surface area contributed by atoms with Gasteiger partial charge in [-0.05, 0) is 46.1 Å². The summed E-state index contributed by atoms with van der Waals surface area (Å²) in [6.45, 7) is 17.2. The molecule has 0 aliphatic carbocycles. The molecule has 0 saturated heterocycles. The van der Waals surface area contributed by atoms with E-state index < -0.39 is 17.7 Å². The maximum absolute atomic E-state index is 13.0. The van der Waals surface area contributed by atoms with Crippen molar-refractivity contribution in [2.24, 2.45) is 11.8 Å². The number of hydrogen-bond donors (Lipinski definition) is 2. The smallest absolute Gasteiger partial charge is 0.407 e. The number of alkyl carbamates (subject to hydrolysis) is 1. The number of ether oxygens (including phenoxy) is 3. The molecule has 0 heterocycles. The number of nitrogens with one attached hydrogen (secondary N) is 2. The number of rotatable bonds is 17. The molecule has 4 atom stereocenters. The Morgan fingerprint density at radius 2 is 1.57 bits per heavy atom. The summed E-state index contributed by atoms with van der Waals surface area (Å²) in [5.74, 6) is -0.0224. The Bertz CT molecular complexity index is 678. The number of amides is 3. The quantitative estimate of drug-likeness (QED) is 0.278. The summed E-state index contributed by atoms with van der Waals surface area (Å²) in [7, 11) is 5.33. The van der Waals surface area contributed by atoms with E-state index in [0.717, 1.165) is 12.8 Å². The molecule has 0 fully saturated rings. The van der Waals surface area contributed by atoms with E-state index in [1.807, 2.05) is 32.7 Å². The van der Waals surface area contributed by atoms with Crippen molar-refractivity contribution in [1.82, 2.24) is 20.4 Å². The van der Waals surface area contributed by atoms with Crippen LogP contribution in [-0.4, -0.2) is 106 Å². The zero-order valence-electron chi connectivity index (χ0n) is 25.2. The number of nitrogens with zero attached hydrogens (tertiary/aromatic N) is 2. The second-order valence-corrected chi connectivity index (χ2v) is 11.0. The molecule has 37 heavy (non-hydrogen) atoms. The van der Waals surface area contributed by atoms with Crippen LogP contribution in [0, 0.1) is 11.8 Å². The molecule has 0 radical (unpaired) electrons. The second kappa shape index (κ2) is 17.6. The summed E-state index contributed by atoms with van der Waals surface area (Å²) in [5.41, 5.74) is -0.544. The minimum atomic E-state index is -0.544.